The molecule has 1 aromatic heterocycles. The van der Waals surface area contributed by atoms with Gasteiger partial charge in [-0.05, 0) is 60.2 Å². The van der Waals surface area contributed by atoms with E-state index in [2.05, 4.69) is 15.8 Å². The standard InChI is InChI=1S/C28H20N4O7/c33-27(20-4-2-1-3-5-20)30-23(14-18-6-12-25-26(15-18)38-17-37-25)28(34)31-29-16-22-11-13-24(39-22)19-7-9-21(10-8-19)32(35)36/h1-16H,17H2,(H,30,33)(H,31,34)/b23-14+,29-16+. The molecule has 194 valence electrons. The maximum absolute atomic E-state index is 13.0. The zero-order valence-electron chi connectivity index (χ0n) is 20.2. The third-order valence-electron chi connectivity index (χ3n) is 5.58. The first-order valence-corrected chi connectivity index (χ1v) is 11.6. The van der Waals surface area contributed by atoms with Crippen molar-refractivity contribution in [1.29, 1.82) is 0 Å². The Hall–Kier alpha value is -5.71. The molecule has 2 amide bonds. The Morgan fingerprint density at radius 1 is 0.923 bits per heavy atom. The Morgan fingerprint density at radius 3 is 2.46 bits per heavy atom. The minimum Gasteiger partial charge on any atom is -0.455 e. The number of carbonyl (C=O) groups excluding carboxylic acids is 2. The zero-order chi connectivity index (χ0) is 27.2. The lowest BCUT2D eigenvalue weighted by Crippen LogP contribution is -2.32. The van der Waals surface area contributed by atoms with Crippen molar-refractivity contribution in [2.45, 2.75) is 0 Å². The molecule has 1 aliphatic heterocycles. The number of hydrogen-bond acceptors (Lipinski definition) is 8. The molecule has 11 nitrogen and oxygen atoms in total. The van der Waals surface area contributed by atoms with Crippen molar-refractivity contribution < 1.29 is 28.4 Å². The first kappa shape index (κ1) is 25.0. The van der Waals surface area contributed by atoms with E-state index in [4.69, 9.17) is 13.9 Å². The van der Waals surface area contributed by atoms with Crippen molar-refractivity contribution in [3.63, 3.8) is 0 Å². The lowest BCUT2D eigenvalue weighted by Gasteiger charge is -2.09. The van der Waals surface area contributed by atoms with Gasteiger partial charge in [0.05, 0.1) is 11.1 Å². The summed E-state index contributed by atoms with van der Waals surface area (Å²) in [4.78, 5) is 36.1. The van der Waals surface area contributed by atoms with E-state index in [-0.39, 0.29) is 18.2 Å². The van der Waals surface area contributed by atoms with E-state index >= 15 is 0 Å². The van der Waals surface area contributed by atoms with Gasteiger partial charge in [0.2, 0.25) is 6.79 Å². The highest BCUT2D eigenvalue weighted by atomic mass is 16.7. The van der Waals surface area contributed by atoms with Crippen LogP contribution in [0.15, 0.2) is 100 Å². The number of nitrogens with zero attached hydrogens (tertiary/aromatic N) is 2. The highest BCUT2D eigenvalue weighted by molar-refractivity contribution is 6.05. The second kappa shape index (κ2) is 11.1. The molecular weight excluding hydrogens is 504 g/mol. The molecule has 39 heavy (non-hydrogen) atoms. The van der Waals surface area contributed by atoms with Gasteiger partial charge in [0.15, 0.2) is 11.5 Å². The minimum atomic E-state index is -0.671. The van der Waals surface area contributed by atoms with E-state index in [0.29, 0.717) is 39.7 Å². The molecule has 0 bridgehead atoms. The van der Waals surface area contributed by atoms with Crippen molar-refractivity contribution in [1.82, 2.24) is 10.7 Å². The van der Waals surface area contributed by atoms with Gasteiger partial charge in [-0.15, -0.1) is 0 Å². The Morgan fingerprint density at radius 2 is 1.69 bits per heavy atom. The number of non-ortho nitro benzene ring substituents is 1. The van der Waals surface area contributed by atoms with Gasteiger partial charge in [-0.25, -0.2) is 5.43 Å². The first-order chi connectivity index (χ1) is 19.0. The highest BCUT2D eigenvalue weighted by Crippen LogP contribution is 2.33. The third kappa shape index (κ3) is 6.00. The summed E-state index contributed by atoms with van der Waals surface area (Å²) in [7, 11) is 0. The normalized spacial score (nSPS) is 12.4. The smallest absolute Gasteiger partial charge is 0.287 e. The summed E-state index contributed by atoms with van der Waals surface area (Å²) < 4.78 is 16.4. The van der Waals surface area contributed by atoms with Crippen LogP contribution in [0.4, 0.5) is 5.69 Å². The van der Waals surface area contributed by atoms with Gasteiger partial charge in [-0.3, -0.25) is 19.7 Å². The summed E-state index contributed by atoms with van der Waals surface area (Å²) in [6, 6.07) is 22.8. The lowest BCUT2D eigenvalue weighted by molar-refractivity contribution is -0.384. The number of nitro benzene ring substituents is 1. The largest absolute Gasteiger partial charge is 0.455 e. The molecule has 1 aliphatic rings. The van der Waals surface area contributed by atoms with Crippen molar-refractivity contribution in [2.24, 2.45) is 5.10 Å². The van der Waals surface area contributed by atoms with Crippen LogP contribution in [0.5, 0.6) is 11.5 Å². The van der Waals surface area contributed by atoms with Crippen LogP contribution in [-0.4, -0.2) is 29.7 Å². The summed E-state index contributed by atoms with van der Waals surface area (Å²) in [6.45, 7) is 0.105. The monoisotopic (exact) mass is 524 g/mol. The number of amides is 2. The SMILES string of the molecule is O=C(N/N=C/c1ccc(-c2ccc([N+](=O)[O-])cc2)o1)/C(=C\c1ccc2c(c1)OCO2)NC(=O)c1ccccc1. The molecule has 4 aromatic rings. The Balaban J connectivity index is 1.31. The van der Waals surface area contributed by atoms with Crippen LogP contribution < -0.4 is 20.2 Å². The van der Waals surface area contributed by atoms with Crippen LogP contribution in [0.1, 0.15) is 21.7 Å². The Labute approximate surface area is 221 Å². The molecule has 3 aromatic carbocycles. The van der Waals surface area contributed by atoms with E-state index < -0.39 is 16.7 Å². The van der Waals surface area contributed by atoms with Crippen LogP contribution >= 0.6 is 0 Å². The van der Waals surface area contributed by atoms with Crippen molar-refractivity contribution >= 4 is 29.8 Å². The summed E-state index contributed by atoms with van der Waals surface area (Å²) in [5.74, 6) is 0.769. The van der Waals surface area contributed by atoms with Crippen LogP contribution in [0.2, 0.25) is 0 Å². The molecule has 2 N–H and O–H groups in total. The lowest BCUT2D eigenvalue weighted by atomic mass is 10.1. The molecule has 0 saturated carbocycles. The molecule has 0 unspecified atom stereocenters. The van der Waals surface area contributed by atoms with Gasteiger partial charge in [0.25, 0.3) is 17.5 Å². The number of hydrazone groups is 1. The molecule has 0 fully saturated rings. The molecule has 5 rings (SSSR count). The first-order valence-electron chi connectivity index (χ1n) is 11.6. The Bertz CT molecular complexity index is 1590. The van der Waals surface area contributed by atoms with Crippen LogP contribution in [0.25, 0.3) is 17.4 Å². The van der Waals surface area contributed by atoms with Gasteiger partial charge < -0.3 is 19.2 Å². The molecule has 0 radical (unpaired) electrons. The minimum absolute atomic E-state index is 0.0289. The number of nitro groups is 1. The van der Waals surface area contributed by atoms with Crippen molar-refractivity contribution in [3.8, 4) is 22.8 Å². The van der Waals surface area contributed by atoms with Gasteiger partial charge in [0, 0.05) is 23.3 Å². The zero-order valence-corrected chi connectivity index (χ0v) is 20.2. The Kier molecular flexibility index (Phi) is 7.13. The maximum atomic E-state index is 13.0. The summed E-state index contributed by atoms with van der Waals surface area (Å²) in [6.07, 6.45) is 2.79. The fourth-order valence-corrected chi connectivity index (χ4v) is 3.65. The number of benzene rings is 3. The number of hydrogen-bond donors (Lipinski definition) is 2. The average Bonchev–Trinajstić information content (AvgIpc) is 3.63. The van der Waals surface area contributed by atoms with E-state index in [1.165, 1.54) is 24.4 Å². The predicted molar refractivity (Wildman–Crippen MR) is 141 cm³/mol. The number of nitrogens with one attached hydrogen (secondary N) is 2. The molecule has 0 saturated heterocycles. The fourth-order valence-electron chi connectivity index (χ4n) is 3.65. The predicted octanol–water partition coefficient (Wildman–Crippen LogP) is 4.50. The summed E-state index contributed by atoms with van der Waals surface area (Å²) in [5.41, 5.74) is 3.92. The van der Waals surface area contributed by atoms with E-state index in [9.17, 15) is 19.7 Å². The molecule has 2 heterocycles. The number of fused-ring (bicyclic) bond motifs is 1. The number of furan rings is 1. The molecular formula is C28H20N4O7. The van der Waals surface area contributed by atoms with Crippen LogP contribution in [-0.2, 0) is 4.79 Å². The summed E-state index contributed by atoms with van der Waals surface area (Å²) in [5, 5.41) is 17.4. The highest BCUT2D eigenvalue weighted by Gasteiger charge is 2.17. The quantitative estimate of drug-likeness (QED) is 0.149. The number of carbonyl (C=O) groups is 2. The molecule has 0 spiro atoms. The molecule has 11 heteroatoms. The van der Waals surface area contributed by atoms with Gasteiger partial charge in [-0.2, -0.15) is 5.10 Å². The summed E-state index contributed by atoms with van der Waals surface area (Å²) >= 11 is 0. The van der Waals surface area contributed by atoms with Gasteiger partial charge in [0.1, 0.15) is 17.2 Å². The third-order valence-corrected chi connectivity index (χ3v) is 5.58. The van der Waals surface area contributed by atoms with Crippen molar-refractivity contribution in [2.75, 3.05) is 6.79 Å². The van der Waals surface area contributed by atoms with E-state index in [1.54, 1.807) is 72.8 Å². The van der Waals surface area contributed by atoms with Crippen LogP contribution in [0, 0.1) is 10.1 Å². The second-order valence-electron chi connectivity index (χ2n) is 8.20. The van der Waals surface area contributed by atoms with Crippen molar-refractivity contribution in [3.05, 3.63) is 118 Å². The topological polar surface area (TPSA) is 145 Å². The number of ether oxygens (including phenoxy) is 2. The van der Waals surface area contributed by atoms with E-state index in [1.807, 2.05) is 0 Å². The average molecular weight is 524 g/mol. The maximum Gasteiger partial charge on any atom is 0.287 e. The van der Waals surface area contributed by atoms with Gasteiger partial charge in [-0.1, -0.05) is 24.3 Å². The van der Waals surface area contributed by atoms with Crippen LogP contribution in [0.3, 0.4) is 0 Å². The molecule has 0 aliphatic carbocycles. The van der Waals surface area contributed by atoms with Gasteiger partial charge >= 0.3 is 0 Å². The number of rotatable bonds is 8. The molecule has 0 atom stereocenters. The fraction of sp³-hybridized carbons (Fsp3) is 0.0357. The second-order valence-corrected chi connectivity index (χ2v) is 8.20. The van der Waals surface area contributed by atoms with E-state index in [0.717, 1.165) is 0 Å².